The maximum atomic E-state index is 11.4. The summed E-state index contributed by atoms with van der Waals surface area (Å²) >= 11 is 5.63. The number of hydrogen-bond acceptors (Lipinski definition) is 4. The van der Waals surface area contributed by atoms with Gasteiger partial charge >= 0.3 is 0 Å². The summed E-state index contributed by atoms with van der Waals surface area (Å²) in [7, 11) is -3.00. The van der Waals surface area contributed by atoms with E-state index in [2.05, 4.69) is 0 Å². The summed E-state index contributed by atoms with van der Waals surface area (Å²) < 4.78 is 33.8. The minimum absolute atomic E-state index is 0.0204. The second-order valence-electron chi connectivity index (χ2n) is 3.81. The fourth-order valence-electron chi connectivity index (χ4n) is 1.94. The van der Waals surface area contributed by atoms with Crippen molar-refractivity contribution in [1.29, 1.82) is 0 Å². The van der Waals surface area contributed by atoms with Gasteiger partial charge in [0.15, 0.2) is 15.6 Å². The zero-order chi connectivity index (χ0) is 10.2. The lowest BCUT2D eigenvalue weighted by Gasteiger charge is -2.31. The van der Waals surface area contributed by atoms with Crippen molar-refractivity contribution in [3.63, 3.8) is 0 Å². The van der Waals surface area contributed by atoms with Crippen molar-refractivity contribution >= 4 is 21.4 Å². The van der Waals surface area contributed by atoms with E-state index in [0.717, 1.165) is 0 Å². The predicted molar refractivity (Wildman–Crippen MR) is 52.2 cm³/mol. The molecule has 0 bridgehead atoms. The molecule has 2 saturated heterocycles. The zero-order valence-corrected chi connectivity index (χ0v) is 9.31. The molecule has 1 spiro atoms. The predicted octanol–water partition coefficient (Wildman–Crippen LogP) is 0.545. The molecular formula is C8H13ClO4S. The Balaban J connectivity index is 2.10. The van der Waals surface area contributed by atoms with Gasteiger partial charge in [0.2, 0.25) is 0 Å². The van der Waals surface area contributed by atoms with E-state index in [9.17, 15) is 8.42 Å². The van der Waals surface area contributed by atoms with Crippen LogP contribution in [0.4, 0.5) is 0 Å². The van der Waals surface area contributed by atoms with Crippen molar-refractivity contribution in [3.05, 3.63) is 0 Å². The first-order chi connectivity index (χ1) is 6.55. The van der Waals surface area contributed by atoms with Gasteiger partial charge in [-0.1, -0.05) is 0 Å². The van der Waals surface area contributed by atoms with E-state index < -0.39 is 15.6 Å². The van der Waals surface area contributed by atoms with Crippen molar-refractivity contribution < 1.29 is 17.9 Å². The number of sulfone groups is 1. The maximum absolute atomic E-state index is 11.4. The molecule has 6 heteroatoms. The van der Waals surface area contributed by atoms with Crippen LogP contribution in [-0.2, 0) is 19.3 Å². The van der Waals surface area contributed by atoms with Crippen LogP contribution in [0.25, 0.3) is 0 Å². The van der Waals surface area contributed by atoms with Crippen LogP contribution < -0.4 is 0 Å². The molecule has 0 N–H and O–H groups in total. The quantitative estimate of drug-likeness (QED) is 0.628. The molecule has 2 heterocycles. The second-order valence-corrected chi connectivity index (χ2v) is 6.30. The summed E-state index contributed by atoms with van der Waals surface area (Å²) in [6, 6.07) is 0. The summed E-state index contributed by atoms with van der Waals surface area (Å²) in [6.07, 6.45) is 1.10. The van der Waals surface area contributed by atoms with Crippen LogP contribution in [0.2, 0.25) is 0 Å². The van der Waals surface area contributed by atoms with Gasteiger partial charge in [0.05, 0.1) is 24.3 Å². The standard InChI is InChI=1S/C8H13ClO4S/c9-4-7-5-12-8(13-7)2-1-3-14(10,11)6-8/h7H,1-6H2. The fourth-order valence-corrected chi connectivity index (χ4v) is 3.79. The molecule has 0 aliphatic carbocycles. The first-order valence-electron chi connectivity index (χ1n) is 4.63. The Morgan fingerprint density at radius 2 is 2.29 bits per heavy atom. The van der Waals surface area contributed by atoms with Crippen molar-refractivity contribution in [1.82, 2.24) is 0 Å². The molecule has 0 amide bonds. The number of rotatable bonds is 1. The lowest BCUT2D eigenvalue weighted by molar-refractivity contribution is -0.154. The third-order valence-corrected chi connectivity index (χ3v) is 4.67. The van der Waals surface area contributed by atoms with Crippen molar-refractivity contribution in [2.24, 2.45) is 0 Å². The van der Waals surface area contributed by atoms with Gasteiger partial charge in [-0.3, -0.25) is 0 Å². The topological polar surface area (TPSA) is 52.6 Å². The summed E-state index contributed by atoms with van der Waals surface area (Å²) in [6.45, 7) is 0.402. The number of ether oxygens (including phenoxy) is 2. The summed E-state index contributed by atoms with van der Waals surface area (Å²) in [5.74, 6) is -0.321. The monoisotopic (exact) mass is 240 g/mol. The molecule has 2 atom stereocenters. The summed E-state index contributed by atoms with van der Waals surface area (Å²) in [5.41, 5.74) is 0. The van der Waals surface area contributed by atoms with Crippen LogP contribution >= 0.6 is 11.6 Å². The molecule has 14 heavy (non-hydrogen) atoms. The Bertz CT molecular complexity index is 315. The molecule has 2 aliphatic heterocycles. The van der Waals surface area contributed by atoms with Gasteiger partial charge in [-0.05, 0) is 6.42 Å². The second kappa shape index (κ2) is 3.63. The Kier molecular flexibility index (Phi) is 2.76. The molecule has 0 saturated carbocycles. The van der Waals surface area contributed by atoms with Crippen LogP contribution in [0.5, 0.6) is 0 Å². The molecule has 4 nitrogen and oxygen atoms in total. The van der Waals surface area contributed by atoms with Crippen LogP contribution in [-0.4, -0.2) is 44.3 Å². The lowest BCUT2D eigenvalue weighted by Crippen LogP contribution is -2.43. The molecule has 0 radical (unpaired) electrons. The summed E-state index contributed by atoms with van der Waals surface area (Å²) in [4.78, 5) is 0. The van der Waals surface area contributed by atoms with Crippen LogP contribution in [0.15, 0.2) is 0 Å². The van der Waals surface area contributed by atoms with Crippen molar-refractivity contribution in [2.75, 3.05) is 24.0 Å². The van der Waals surface area contributed by atoms with Crippen molar-refractivity contribution in [2.45, 2.75) is 24.7 Å². The SMILES string of the molecule is O=S1(=O)CCCC2(C1)OCC(CCl)O2. The van der Waals surface area contributed by atoms with E-state index in [1.165, 1.54) is 0 Å². The molecule has 0 aromatic rings. The molecule has 0 aromatic heterocycles. The smallest absolute Gasteiger partial charge is 0.182 e. The van der Waals surface area contributed by atoms with Gasteiger partial charge in [0.1, 0.15) is 5.75 Å². The van der Waals surface area contributed by atoms with Crippen LogP contribution in [0, 0.1) is 0 Å². The highest BCUT2D eigenvalue weighted by Crippen LogP contribution is 2.34. The third kappa shape index (κ3) is 2.05. The van der Waals surface area contributed by atoms with E-state index in [1.54, 1.807) is 0 Å². The minimum atomic E-state index is -3.00. The Morgan fingerprint density at radius 1 is 1.50 bits per heavy atom. The molecule has 0 aromatic carbocycles. The van der Waals surface area contributed by atoms with Gasteiger partial charge < -0.3 is 9.47 Å². The van der Waals surface area contributed by atoms with E-state index in [1.807, 2.05) is 0 Å². The first-order valence-corrected chi connectivity index (χ1v) is 6.99. The highest BCUT2D eigenvalue weighted by atomic mass is 35.5. The zero-order valence-electron chi connectivity index (χ0n) is 7.74. The molecular weight excluding hydrogens is 228 g/mol. The van der Waals surface area contributed by atoms with Crippen LogP contribution in [0.1, 0.15) is 12.8 Å². The van der Waals surface area contributed by atoms with E-state index in [4.69, 9.17) is 21.1 Å². The highest BCUT2D eigenvalue weighted by Gasteiger charge is 2.46. The first kappa shape index (κ1) is 10.7. The van der Waals surface area contributed by atoms with Gasteiger partial charge in [0.25, 0.3) is 0 Å². The van der Waals surface area contributed by atoms with Gasteiger partial charge in [0, 0.05) is 6.42 Å². The Morgan fingerprint density at radius 3 is 2.86 bits per heavy atom. The molecule has 82 valence electrons. The third-order valence-electron chi connectivity index (χ3n) is 2.54. The normalized spacial score (nSPS) is 41.6. The van der Waals surface area contributed by atoms with E-state index in [0.29, 0.717) is 25.3 Å². The van der Waals surface area contributed by atoms with Crippen LogP contribution in [0.3, 0.4) is 0 Å². The number of hydrogen-bond donors (Lipinski definition) is 0. The van der Waals surface area contributed by atoms with Gasteiger partial charge in [-0.2, -0.15) is 0 Å². The molecule has 2 unspecified atom stereocenters. The summed E-state index contributed by atoms with van der Waals surface area (Å²) in [5, 5.41) is 0. The molecule has 2 fully saturated rings. The Labute approximate surface area is 88.4 Å². The highest BCUT2D eigenvalue weighted by molar-refractivity contribution is 7.91. The lowest BCUT2D eigenvalue weighted by atomic mass is 10.2. The number of alkyl halides is 1. The number of halogens is 1. The van der Waals surface area contributed by atoms with E-state index >= 15 is 0 Å². The average molecular weight is 241 g/mol. The van der Waals surface area contributed by atoms with E-state index in [-0.39, 0.29) is 17.6 Å². The largest absolute Gasteiger partial charge is 0.346 e. The fraction of sp³-hybridized carbons (Fsp3) is 1.00. The Hall–Kier alpha value is 0.160. The average Bonchev–Trinajstić information content (AvgIpc) is 2.46. The van der Waals surface area contributed by atoms with Gasteiger partial charge in [-0.15, -0.1) is 11.6 Å². The van der Waals surface area contributed by atoms with Crippen molar-refractivity contribution in [3.8, 4) is 0 Å². The molecule has 2 aliphatic rings. The van der Waals surface area contributed by atoms with Gasteiger partial charge in [-0.25, -0.2) is 8.42 Å². The molecule has 2 rings (SSSR count). The maximum Gasteiger partial charge on any atom is 0.182 e. The minimum Gasteiger partial charge on any atom is -0.346 e.